The first-order valence-corrected chi connectivity index (χ1v) is 6.94. The molecule has 3 N–H and O–H groups in total. The molecule has 0 bridgehead atoms. The van der Waals surface area contributed by atoms with E-state index in [0.29, 0.717) is 16.2 Å². The van der Waals surface area contributed by atoms with Crippen LogP contribution in [-0.2, 0) is 4.79 Å². The lowest BCUT2D eigenvalue weighted by Gasteiger charge is -2.10. The lowest BCUT2D eigenvalue weighted by molar-refractivity contribution is -0.119. The summed E-state index contributed by atoms with van der Waals surface area (Å²) in [5, 5.41) is 10.0. The number of amides is 1. The van der Waals surface area contributed by atoms with Crippen LogP contribution in [0.2, 0.25) is 0 Å². The lowest BCUT2D eigenvalue weighted by Crippen LogP contribution is -2.33. The summed E-state index contributed by atoms with van der Waals surface area (Å²) in [5.74, 6) is 0.138. The second-order valence-electron chi connectivity index (χ2n) is 4.17. The van der Waals surface area contributed by atoms with Crippen LogP contribution in [0.15, 0.2) is 16.1 Å². The Kier molecular flexibility index (Phi) is 4.20. The van der Waals surface area contributed by atoms with Gasteiger partial charge in [0.15, 0.2) is 10.8 Å². The minimum Gasteiger partial charge on any atom is -0.353 e. The molecule has 19 heavy (non-hydrogen) atoms. The molecule has 0 aliphatic rings. The number of aromatic amines is 2. The quantitative estimate of drug-likeness (QED) is 0.551. The number of hydrogen-bond acceptors (Lipinski definition) is 5. The standard InChI is InChI=1S/C11H15N5O2S/c1-3-6(2)13-8(17)5-19-11-14-9-7(4-12-16-9)10(18)15-11/h4,6H,3,5H2,1-2H3,(H,13,17)(H2,12,14,15,16,18). The molecule has 1 atom stereocenters. The molecule has 0 aliphatic carbocycles. The Bertz CT molecular complexity index is 635. The Morgan fingerprint density at radius 3 is 3.11 bits per heavy atom. The number of nitrogens with zero attached hydrogens (tertiary/aromatic N) is 2. The lowest BCUT2D eigenvalue weighted by atomic mass is 10.3. The van der Waals surface area contributed by atoms with Crippen LogP contribution in [0.25, 0.3) is 11.0 Å². The van der Waals surface area contributed by atoms with Gasteiger partial charge in [-0.25, -0.2) is 4.98 Å². The van der Waals surface area contributed by atoms with Crippen molar-refractivity contribution in [2.75, 3.05) is 5.75 Å². The van der Waals surface area contributed by atoms with E-state index in [-0.39, 0.29) is 23.3 Å². The summed E-state index contributed by atoms with van der Waals surface area (Å²) in [6, 6.07) is 0.148. The number of rotatable bonds is 5. The first kappa shape index (κ1) is 13.6. The van der Waals surface area contributed by atoms with Crippen molar-refractivity contribution in [3.05, 3.63) is 16.6 Å². The van der Waals surface area contributed by atoms with Crippen molar-refractivity contribution in [2.24, 2.45) is 0 Å². The van der Waals surface area contributed by atoms with Crippen LogP contribution in [0.4, 0.5) is 0 Å². The zero-order valence-corrected chi connectivity index (χ0v) is 11.5. The van der Waals surface area contributed by atoms with Crippen molar-refractivity contribution in [3.8, 4) is 0 Å². The molecule has 8 heteroatoms. The number of nitrogens with one attached hydrogen (secondary N) is 3. The van der Waals surface area contributed by atoms with Crippen LogP contribution in [-0.4, -0.2) is 37.9 Å². The normalized spacial score (nSPS) is 12.5. The van der Waals surface area contributed by atoms with E-state index in [1.54, 1.807) is 0 Å². The van der Waals surface area contributed by atoms with Gasteiger partial charge in [0.1, 0.15) is 5.39 Å². The first-order chi connectivity index (χ1) is 9.10. The molecule has 0 aliphatic heterocycles. The minimum absolute atomic E-state index is 0.0771. The SMILES string of the molecule is CCC(C)NC(=O)CSc1nc2[nH]ncc2c(=O)[nH]1. The monoisotopic (exact) mass is 281 g/mol. The molecule has 1 amide bonds. The summed E-state index contributed by atoms with van der Waals surface area (Å²) in [7, 11) is 0. The Morgan fingerprint density at radius 2 is 2.37 bits per heavy atom. The molecule has 7 nitrogen and oxygen atoms in total. The van der Waals surface area contributed by atoms with Gasteiger partial charge in [-0.15, -0.1) is 0 Å². The molecule has 2 rings (SSSR count). The number of carbonyl (C=O) groups excluding carboxylic acids is 1. The summed E-state index contributed by atoms with van der Waals surface area (Å²) in [6.07, 6.45) is 2.30. The maximum atomic E-state index is 11.7. The highest BCUT2D eigenvalue weighted by Crippen LogP contribution is 2.12. The van der Waals surface area contributed by atoms with Gasteiger partial charge in [-0.3, -0.25) is 14.7 Å². The fraction of sp³-hybridized carbons (Fsp3) is 0.455. The molecular formula is C11H15N5O2S. The summed E-state index contributed by atoms with van der Waals surface area (Å²) in [6.45, 7) is 3.95. The highest BCUT2D eigenvalue weighted by Gasteiger charge is 2.09. The van der Waals surface area contributed by atoms with Gasteiger partial charge in [-0.1, -0.05) is 18.7 Å². The van der Waals surface area contributed by atoms with Gasteiger partial charge >= 0.3 is 0 Å². The predicted molar refractivity (Wildman–Crippen MR) is 73.1 cm³/mol. The molecule has 2 aromatic rings. The van der Waals surface area contributed by atoms with Crippen LogP contribution in [0.1, 0.15) is 20.3 Å². The molecular weight excluding hydrogens is 266 g/mol. The Morgan fingerprint density at radius 1 is 1.58 bits per heavy atom. The predicted octanol–water partition coefficient (Wildman–Crippen LogP) is 0.653. The zero-order valence-electron chi connectivity index (χ0n) is 10.7. The number of aromatic nitrogens is 4. The number of hydrogen-bond donors (Lipinski definition) is 3. The number of thioether (sulfide) groups is 1. The van der Waals surface area contributed by atoms with E-state index in [0.717, 1.165) is 6.42 Å². The van der Waals surface area contributed by atoms with Crippen molar-refractivity contribution < 1.29 is 4.79 Å². The van der Waals surface area contributed by atoms with Crippen molar-refractivity contribution in [1.29, 1.82) is 0 Å². The molecule has 0 spiro atoms. The molecule has 0 saturated carbocycles. The molecule has 2 heterocycles. The van der Waals surface area contributed by atoms with Gasteiger partial charge in [-0.2, -0.15) is 5.10 Å². The fourth-order valence-corrected chi connectivity index (χ4v) is 2.12. The average molecular weight is 281 g/mol. The maximum absolute atomic E-state index is 11.7. The first-order valence-electron chi connectivity index (χ1n) is 5.95. The zero-order chi connectivity index (χ0) is 13.8. The third-order valence-corrected chi connectivity index (χ3v) is 3.53. The van der Waals surface area contributed by atoms with Crippen LogP contribution >= 0.6 is 11.8 Å². The van der Waals surface area contributed by atoms with Gasteiger partial charge in [-0.05, 0) is 13.3 Å². The maximum Gasteiger partial charge on any atom is 0.262 e. The van der Waals surface area contributed by atoms with E-state index >= 15 is 0 Å². The van der Waals surface area contributed by atoms with Gasteiger partial charge in [0, 0.05) is 6.04 Å². The summed E-state index contributed by atoms with van der Waals surface area (Å²) >= 11 is 1.19. The number of H-pyrrole nitrogens is 2. The van der Waals surface area contributed by atoms with E-state index < -0.39 is 0 Å². The highest BCUT2D eigenvalue weighted by atomic mass is 32.2. The second-order valence-corrected chi connectivity index (χ2v) is 5.13. The molecule has 0 radical (unpaired) electrons. The van der Waals surface area contributed by atoms with E-state index in [2.05, 4.69) is 25.5 Å². The van der Waals surface area contributed by atoms with Gasteiger partial charge in [0.05, 0.1) is 11.9 Å². The molecule has 1 unspecified atom stereocenters. The van der Waals surface area contributed by atoms with Crippen molar-refractivity contribution >= 4 is 28.7 Å². The van der Waals surface area contributed by atoms with Gasteiger partial charge < -0.3 is 10.3 Å². The van der Waals surface area contributed by atoms with Crippen molar-refractivity contribution in [2.45, 2.75) is 31.5 Å². The van der Waals surface area contributed by atoms with Crippen molar-refractivity contribution in [1.82, 2.24) is 25.5 Å². The summed E-state index contributed by atoms with van der Waals surface area (Å²) in [4.78, 5) is 30.1. The van der Waals surface area contributed by atoms with Crippen LogP contribution < -0.4 is 10.9 Å². The Labute approximate surface area is 113 Å². The van der Waals surface area contributed by atoms with Gasteiger partial charge in [0.25, 0.3) is 5.56 Å². The van der Waals surface area contributed by atoms with E-state index in [9.17, 15) is 9.59 Å². The van der Waals surface area contributed by atoms with E-state index in [1.807, 2.05) is 13.8 Å². The topological polar surface area (TPSA) is 104 Å². The second kappa shape index (κ2) is 5.87. The largest absolute Gasteiger partial charge is 0.353 e. The summed E-state index contributed by atoms with van der Waals surface area (Å²) in [5.41, 5.74) is 0.164. The number of carbonyl (C=O) groups is 1. The molecule has 2 aromatic heterocycles. The Hall–Kier alpha value is -1.83. The van der Waals surface area contributed by atoms with Crippen LogP contribution in [0.5, 0.6) is 0 Å². The van der Waals surface area contributed by atoms with E-state index in [4.69, 9.17) is 0 Å². The van der Waals surface area contributed by atoms with Crippen molar-refractivity contribution in [3.63, 3.8) is 0 Å². The highest BCUT2D eigenvalue weighted by molar-refractivity contribution is 7.99. The Balaban J connectivity index is 2.02. The third kappa shape index (κ3) is 3.34. The van der Waals surface area contributed by atoms with Crippen LogP contribution in [0, 0.1) is 0 Å². The van der Waals surface area contributed by atoms with E-state index in [1.165, 1.54) is 18.0 Å². The molecule has 0 saturated heterocycles. The fourth-order valence-electron chi connectivity index (χ4n) is 1.45. The smallest absolute Gasteiger partial charge is 0.262 e. The molecule has 0 fully saturated rings. The molecule has 0 aromatic carbocycles. The number of fused-ring (bicyclic) bond motifs is 1. The third-order valence-electron chi connectivity index (χ3n) is 2.66. The minimum atomic E-state index is -0.261. The van der Waals surface area contributed by atoms with Crippen LogP contribution in [0.3, 0.4) is 0 Å². The summed E-state index contributed by atoms with van der Waals surface area (Å²) < 4.78 is 0. The molecule has 102 valence electrons. The van der Waals surface area contributed by atoms with Gasteiger partial charge in [0.2, 0.25) is 5.91 Å². The average Bonchev–Trinajstić information content (AvgIpc) is 2.85.